The first kappa shape index (κ1) is 83.9. The van der Waals surface area contributed by atoms with Gasteiger partial charge in [0.15, 0.2) is 0 Å². The van der Waals surface area contributed by atoms with Gasteiger partial charge in [-0.15, -0.1) is 0 Å². The van der Waals surface area contributed by atoms with Gasteiger partial charge in [0.05, 0.1) is 89.3 Å². The molecule has 12 nitrogen and oxygen atoms in total. The summed E-state index contributed by atoms with van der Waals surface area (Å²) >= 11 is 0. The highest BCUT2D eigenvalue weighted by Crippen LogP contribution is 2.30. The summed E-state index contributed by atoms with van der Waals surface area (Å²) in [6.07, 6.45) is 7.34. The first-order chi connectivity index (χ1) is 58.9. The quantitative estimate of drug-likeness (QED) is 0.122. The number of hydrogen-bond donors (Lipinski definition) is 0. The fraction of sp³-hybridized carbons (Fsp3) is 0.145. The molecule has 0 aliphatic heterocycles. The van der Waals surface area contributed by atoms with E-state index < -0.39 is 0 Å². The number of aromatic nitrogens is 12. The second-order valence-corrected chi connectivity index (χ2v) is 31.7. The molecule has 0 unspecified atom stereocenters. The maximum absolute atomic E-state index is 4.74. The highest BCUT2D eigenvalue weighted by molar-refractivity contribution is 6.03. The molecule has 21 aromatic rings. The van der Waals surface area contributed by atoms with E-state index in [2.05, 4.69) is 306 Å². The largest absolute Gasteiger partial charge is 0.255 e. The molecule has 0 atom stereocenters. The summed E-state index contributed by atoms with van der Waals surface area (Å²) in [5.74, 6) is 0. The minimum atomic E-state index is 0.926. The molecule has 0 saturated heterocycles. The van der Waals surface area contributed by atoms with Gasteiger partial charge in [0, 0.05) is 101 Å². The van der Waals surface area contributed by atoms with Gasteiger partial charge in [-0.05, 0) is 325 Å². The van der Waals surface area contributed by atoms with Crippen molar-refractivity contribution in [2.75, 3.05) is 0 Å². The van der Waals surface area contributed by atoms with Crippen LogP contribution < -0.4 is 0 Å². The summed E-state index contributed by atoms with van der Waals surface area (Å²) in [6.45, 7) is 33.1. The Morgan fingerprint density at radius 2 is 0.533 bits per heavy atom. The second kappa shape index (κ2) is 38.4. The molecule has 21 rings (SSSR count). The monoisotopic (exact) mass is 1590 g/mol. The van der Waals surface area contributed by atoms with E-state index in [1.807, 2.05) is 176 Å². The molecule has 0 N–H and O–H groups in total. The van der Waals surface area contributed by atoms with Gasteiger partial charge in [0.1, 0.15) is 0 Å². The summed E-state index contributed by atoms with van der Waals surface area (Å²) in [6, 6.07) is 100. The Bertz CT molecular complexity index is 6820. The van der Waals surface area contributed by atoms with E-state index in [1.54, 1.807) is 0 Å². The van der Waals surface area contributed by atoms with Crippen LogP contribution in [0.1, 0.15) is 89.5 Å². The smallest absolute Gasteiger partial charge is 0.0967 e. The van der Waals surface area contributed by atoms with Crippen LogP contribution in [0.25, 0.3) is 143 Å². The fourth-order valence-corrected chi connectivity index (χ4v) is 14.2. The van der Waals surface area contributed by atoms with Crippen LogP contribution in [0.4, 0.5) is 0 Å². The van der Waals surface area contributed by atoms with Crippen molar-refractivity contribution in [2.45, 2.75) is 111 Å². The number of aryl methyl sites for hydroxylation is 16. The highest BCUT2D eigenvalue weighted by Gasteiger charge is 2.10. The number of rotatable bonds is 3. The Balaban J connectivity index is 0.000000114. The van der Waals surface area contributed by atoms with Crippen molar-refractivity contribution in [3.05, 3.63) is 406 Å². The molecule has 12 heteroatoms. The van der Waals surface area contributed by atoms with E-state index in [9.17, 15) is 0 Å². The molecule has 0 bridgehead atoms. The number of benzene rings is 9. The summed E-state index contributed by atoms with van der Waals surface area (Å²) < 4.78 is 0. The van der Waals surface area contributed by atoms with Crippen LogP contribution in [0.3, 0.4) is 0 Å². The van der Waals surface area contributed by atoms with Crippen LogP contribution in [-0.4, -0.2) is 59.8 Å². The average molecular weight is 1590 g/mol. The second-order valence-electron chi connectivity index (χ2n) is 31.7. The first-order valence-corrected chi connectivity index (χ1v) is 41.3. The van der Waals surface area contributed by atoms with Gasteiger partial charge in [0.25, 0.3) is 0 Å². The van der Waals surface area contributed by atoms with Crippen LogP contribution in [0.2, 0.25) is 0 Å². The Morgan fingerprint density at radius 1 is 0.164 bits per heavy atom. The van der Waals surface area contributed by atoms with Crippen molar-refractivity contribution in [2.24, 2.45) is 0 Å². The van der Waals surface area contributed by atoms with Gasteiger partial charge in [-0.25, -0.2) is 19.9 Å². The molecule has 0 fully saturated rings. The maximum atomic E-state index is 4.74. The lowest BCUT2D eigenvalue weighted by Crippen LogP contribution is -1.90. The molecule has 0 saturated carbocycles. The van der Waals surface area contributed by atoms with Crippen molar-refractivity contribution in [3.63, 3.8) is 0 Å². The van der Waals surface area contributed by atoms with Gasteiger partial charge in [0.2, 0.25) is 0 Å². The van der Waals surface area contributed by atoms with Crippen LogP contribution in [0.5, 0.6) is 0 Å². The SMILES string of the molecule is Cc1cc2cc3ccccc3nc2cc1C.Cc1ccc(-c2ccc(C)cn2)nc1.Cc1ccc(C)c2nc3ccccc3cc12.Cc1ccc2ccc3ccc(C)nc3c2n1.Cc1ccc2nc3cc(C)ccc3cc2c1.Cc1ccc2nc3ccc(C)cc3cc2c1.Cc1cccc(-c2cccc(C)n2)n1.Cc1ccnc(-c2cc(C)ccn2)c1. The normalized spacial score (nSPS) is 10.8. The predicted molar refractivity (Wildman–Crippen MR) is 512 cm³/mol. The summed E-state index contributed by atoms with van der Waals surface area (Å²) in [5, 5.41) is 12.1. The fourth-order valence-electron chi connectivity index (χ4n) is 14.2. The van der Waals surface area contributed by atoms with E-state index in [-0.39, 0.29) is 0 Å². The minimum absolute atomic E-state index is 0.926. The lowest BCUT2D eigenvalue weighted by molar-refractivity contribution is 1.15. The topological polar surface area (TPSA) is 155 Å². The third kappa shape index (κ3) is 21.4. The van der Waals surface area contributed by atoms with Gasteiger partial charge in [-0.2, -0.15) is 0 Å². The van der Waals surface area contributed by atoms with Gasteiger partial charge in [-0.1, -0.05) is 144 Å². The van der Waals surface area contributed by atoms with Crippen LogP contribution in [-0.2, 0) is 0 Å². The van der Waals surface area contributed by atoms with Crippen molar-refractivity contribution < 1.29 is 0 Å². The zero-order valence-electron chi connectivity index (χ0n) is 72.4. The van der Waals surface area contributed by atoms with Gasteiger partial charge in [-0.3, -0.25) is 39.9 Å². The minimum Gasteiger partial charge on any atom is -0.255 e. The van der Waals surface area contributed by atoms with E-state index in [0.717, 1.165) is 123 Å². The van der Waals surface area contributed by atoms with Gasteiger partial charge >= 0.3 is 0 Å². The highest BCUT2D eigenvalue weighted by atomic mass is 14.8. The lowest BCUT2D eigenvalue weighted by atomic mass is 10.0. The zero-order valence-corrected chi connectivity index (χ0v) is 72.4. The third-order valence-electron chi connectivity index (χ3n) is 21.1. The molecular formula is C110H100N12. The van der Waals surface area contributed by atoms with Gasteiger partial charge < -0.3 is 0 Å². The van der Waals surface area contributed by atoms with E-state index >= 15 is 0 Å². The molecule has 600 valence electrons. The molecule has 122 heavy (non-hydrogen) atoms. The average Bonchev–Trinajstić information content (AvgIpc) is 0.789. The van der Waals surface area contributed by atoms with Crippen molar-refractivity contribution in [1.82, 2.24) is 59.8 Å². The van der Waals surface area contributed by atoms with Crippen LogP contribution in [0, 0.1) is 111 Å². The van der Waals surface area contributed by atoms with Crippen molar-refractivity contribution >= 4 is 109 Å². The predicted octanol–water partition coefficient (Wildman–Crippen LogP) is 27.7. The number of hydrogen-bond acceptors (Lipinski definition) is 12. The molecule has 9 aromatic carbocycles. The summed E-state index contributed by atoms with van der Waals surface area (Å²) in [4.78, 5) is 54.0. The number of nitrogens with zero attached hydrogens (tertiary/aromatic N) is 12. The van der Waals surface area contributed by atoms with E-state index in [1.165, 1.54) is 110 Å². The van der Waals surface area contributed by atoms with E-state index in [4.69, 9.17) is 4.98 Å². The molecule has 0 aliphatic rings. The molecule has 0 amide bonds. The Morgan fingerprint density at radius 3 is 1.02 bits per heavy atom. The standard InChI is InChI=1S/4C15H13N.C14H12N2.3C12H12N2/c1-10-4-6-14-13(7-10)9-12-5-3-11(2)8-15(12)16-14;1-10-3-5-14-12(7-10)9-13-8-11(2)4-6-15(13)16-14;1-10-7-13-9-12-5-3-4-6-14(12)16-15(13)8-11(10)2;1-10-7-8-11(2)15-13(10)9-12-5-3-4-6-14(12)16-15;1-9-3-5-11-7-8-12-6-4-10(2)16-14(12)13(11)15-9;1-9-3-5-13-11(7-9)12-8-10(2)4-6-14-12;1-9-3-5-11(13-7-9)12-6-4-10(2)8-14-12;1-9-5-3-7-11(13-9)12-8-4-6-10(2)14-12/h4*3-9H,1-2H3;3-8H,1-2H3;3*3-8H,1-2H3. The molecule has 12 heterocycles. The Labute approximate surface area is 714 Å². The number of fused-ring (bicyclic) bond motifs is 11. The third-order valence-corrected chi connectivity index (χ3v) is 21.1. The summed E-state index contributed by atoms with van der Waals surface area (Å²) in [7, 11) is 0. The maximum Gasteiger partial charge on any atom is 0.0967 e. The molecule has 0 aliphatic carbocycles. The molecule has 0 radical (unpaired) electrons. The van der Waals surface area contributed by atoms with Crippen molar-refractivity contribution in [3.8, 4) is 34.2 Å². The van der Waals surface area contributed by atoms with E-state index in [0.29, 0.717) is 0 Å². The number of pyridine rings is 12. The molecule has 12 aromatic heterocycles. The van der Waals surface area contributed by atoms with Crippen LogP contribution >= 0.6 is 0 Å². The lowest BCUT2D eigenvalue weighted by Gasteiger charge is -2.06. The number of para-hydroxylation sites is 2. The van der Waals surface area contributed by atoms with Crippen LogP contribution in [0.15, 0.2) is 316 Å². The molecule has 0 spiro atoms. The summed E-state index contributed by atoms with van der Waals surface area (Å²) in [5.41, 5.74) is 35.4. The van der Waals surface area contributed by atoms with Crippen molar-refractivity contribution in [1.29, 1.82) is 0 Å². The zero-order chi connectivity index (χ0) is 85.5. The first-order valence-electron chi connectivity index (χ1n) is 41.3. The molecular weight excluding hydrogens is 1490 g/mol. The Kier molecular flexibility index (Phi) is 26.4. The Hall–Kier alpha value is -14.6.